The molecule has 2 heterocycles. The average molecular weight is 479 g/mol. The number of nitrogens with zero attached hydrogens (tertiary/aromatic N) is 3. The van der Waals surface area contributed by atoms with Crippen LogP contribution in [0, 0.1) is 5.92 Å². The second-order valence-electron chi connectivity index (χ2n) is 9.96. The second-order valence-corrected chi connectivity index (χ2v) is 10.4. The molecule has 5 rings (SSSR count). The van der Waals surface area contributed by atoms with Crippen molar-refractivity contribution in [2.24, 2.45) is 5.92 Å². The van der Waals surface area contributed by atoms with Crippen LogP contribution >= 0.6 is 11.6 Å². The fourth-order valence-corrected chi connectivity index (χ4v) is 5.55. The van der Waals surface area contributed by atoms with Gasteiger partial charge >= 0.3 is 0 Å². The number of carbonyl (C=O) groups is 2. The van der Waals surface area contributed by atoms with Gasteiger partial charge in [0.15, 0.2) is 5.82 Å². The molecule has 1 aliphatic carbocycles. The van der Waals surface area contributed by atoms with Gasteiger partial charge in [-0.2, -0.15) is 0 Å². The molecule has 1 N–H and O–H groups in total. The summed E-state index contributed by atoms with van der Waals surface area (Å²) in [6, 6.07) is 15.5. The van der Waals surface area contributed by atoms with Crippen molar-refractivity contribution in [1.29, 1.82) is 0 Å². The quantitative estimate of drug-likeness (QED) is 0.570. The van der Waals surface area contributed by atoms with E-state index in [0.717, 1.165) is 35.9 Å². The van der Waals surface area contributed by atoms with Gasteiger partial charge in [0.25, 0.3) is 5.91 Å². The molecule has 0 radical (unpaired) electrons. The van der Waals surface area contributed by atoms with E-state index in [9.17, 15) is 9.59 Å². The van der Waals surface area contributed by atoms with Crippen LogP contribution in [0.15, 0.2) is 48.5 Å². The van der Waals surface area contributed by atoms with E-state index < -0.39 is 5.54 Å². The summed E-state index contributed by atoms with van der Waals surface area (Å²) in [6.45, 7) is 4.90. The fourth-order valence-electron chi connectivity index (χ4n) is 5.43. The molecule has 3 atom stereocenters. The molecule has 1 aromatic heterocycles. The lowest BCUT2D eigenvalue weighted by Crippen LogP contribution is -2.65. The van der Waals surface area contributed by atoms with Gasteiger partial charge < -0.3 is 14.8 Å². The van der Waals surface area contributed by atoms with E-state index in [4.69, 9.17) is 11.6 Å². The molecule has 1 saturated carbocycles. The Labute approximate surface area is 205 Å². The highest BCUT2D eigenvalue weighted by atomic mass is 35.5. The Balaban J connectivity index is 1.49. The van der Waals surface area contributed by atoms with Crippen LogP contribution in [0.1, 0.15) is 55.7 Å². The van der Waals surface area contributed by atoms with Crippen molar-refractivity contribution >= 4 is 34.4 Å². The number of hydrogen-bond donors (Lipinski definition) is 1. The van der Waals surface area contributed by atoms with Gasteiger partial charge in [0.1, 0.15) is 5.54 Å². The molecule has 1 aliphatic heterocycles. The van der Waals surface area contributed by atoms with Crippen molar-refractivity contribution in [2.45, 2.75) is 64.1 Å². The maximum absolute atomic E-state index is 13.9. The van der Waals surface area contributed by atoms with Crippen LogP contribution in [0.4, 0.5) is 0 Å². The van der Waals surface area contributed by atoms with Crippen LogP contribution in [0.25, 0.3) is 11.0 Å². The molecular weight excluding hydrogens is 448 g/mol. The van der Waals surface area contributed by atoms with Crippen molar-refractivity contribution in [2.75, 3.05) is 6.54 Å². The standard InChI is InChI=1S/C27H31ClN4O2/c1-18-7-3-4-8-21(18)30-26(34)27(2)17-31-23-10-6-5-9-22(23)29-24(31)25(33)32(27)16-15-19-11-13-20(28)14-12-19/h5-6,9-14,18,21H,3-4,7-8,15-17H2,1-2H3,(H,30,34)/t18-,21-,27-/m1/s1. The third kappa shape index (κ3) is 4.09. The largest absolute Gasteiger partial charge is 0.351 e. The minimum atomic E-state index is -1.02. The third-order valence-corrected chi connectivity index (χ3v) is 7.86. The van der Waals surface area contributed by atoms with Gasteiger partial charge in [0.2, 0.25) is 5.91 Å². The SMILES string of the molecule is C[C@@H]1CCCC[C@H]1NC(=O)[C@@]1(C)Cn2c(nc3ccccc32)C(=O)N1CCc1ccc(Cl)cc1. The van der Waals surface area contributed by atoms with Gasteiger partial charge in [-0.1, -0.05) is 55.6 Å². The summed E-state index contributed by atoms with van der Waals surface area (Å²) in [5.74, 6) is 0.547. The number of carbonyl (C=O) groups excluding carboxylic acids is 2. The number of aromatic nitrogens is 2. The first-order valence-electron chi connectivity index (χ1n) is 12.2. The third-order valence-electron chi connectivity index (χ3n) is 7.61. The topological polar surface area (TPSA) is 67.2 Å². The van der Waals surface area contributed by atoms with Gasteiger partial charge in [0.05, 0.1) is 17.6 Å². The van der Waals surface area contributed by atoms with Crippen molar-refractivity contribution in [1.82, 2.24) is 19.8 Å². The summed E-state index contributed by atoms with van der Waals surface area (Å²) in [5, 5.41) is 4.00. The fraction of sp³-hybridized carbons (Fsp3) is 0.444. The minimum Gasteiger partial charge on any atom is -0.351 e. The zero-order valence-electron chi connectivity index (χ0n) is 19.8. The molecule has 2 amide bonds. The maximum atomic E-state index is 13.9. The lowest BCUT2D eigenvalue weighted by molar-refractivity contribution is -0.134. The highest BCUT2D eigenvalue weighted by Gasteiger charge is 2.48. The smallest absolute Gasteiger partial charge is 0.290 e. The van der Waals surface area contributed by atoms with Gasteiger partial charge in [-0.05, 0) is 61.9 Å². The molecule has 0 spiro atoms. The summed E-state index contributed by atoms with van der Waals surface area (Å²) in [5.41, 5.74) is 1.71. The van der Waals surface area contributed by atoms with Crippen LogP contribution in [-0.4, -0.2) is 44.4 Å². The van der Waals surface area contributed by atoms with E-state index >= 15 is 0 Å². The lowest BCUT2D eigenvalue weighted by atomic mass is 9.85. The molecule has 3 aromatic rings. The van der Waals surface area contributed by atoms with E-state index in [1.165, 1.54) is 6.42 Å². The Hall–Kier alpha value is -2.86. The molecular formula is C27H31ClN4O2. The van der Waals surface area contributed by atoms with Crippen LogP contribution < -0.4 is 5.32 Å². The highest BCUT2D eigenvalue weighted by molar-refractivity contribution is 6.30. The molecule has 0 bridgehead atoms. The van der Waals surface area contributed by atoms with Crippen molar-refractivity contribution < 1.29 is 9.59 Å². The summed E-state index contributed by atoms with van der Waals surface area (Å²) in [7, 11) is 0. The van der Waals surface area contributed by atoms with E-state index in [1.54, 1.807) is 4.90 Å². The van der Waals surface area contributed by atoms with E-state index in [1.807, 2.05) is 60.0 Å². The summed E-state index contributed by atoms with van der Waals surface area (Å²) < 4.78 is 1.92. The number of benzene rings is 2. The molecule has 178 valence electrons. The van der Waals surface area contributed by atoms with Crippen molar-refractivity contribution in [3.63, 3.8) is 0 Å². The number of imidazole rings is 1. The summed E-state index contributed by atoms with van der Waals surface area (Å²) in [6.07, 6.45) is 5.08. The first kappa shape index (κ1) is 22.9. The number of halogens is 1. The van der Waals surface area contributed by atoms with Crippen molar-refractivity contribution in [3.8, 4) is 0 Å². The monoisotopic (exact) mass is 478 g/mol. The van der Waals surface area contributed by atoms with Crippen LogP contribution in [0.2, 0.25) is 5.02 Å². The van der Waals surface area contributed by atoms with E-state index in [0.29, 0.717) is 36.3 Å². The molecule has 34 heavy (non-hydrogen) atoms. The maximum Gasteiger partial charge on any atom is 0.290 e. The van der Waals surface area contributed by atoms with Gasteiger partial charge in [0, 0.05) is 17.6 Å². The zero-order chi connectivity index (χ0) is 23.9. The van der Waals surface area contributed by atoms with E-state index in [-0.39, 0.29) is 17.9 Å². The Morgan fingerprint density at radius 2 is 1.88 bits per heavy atom. The Kier molecular flexibility index (Phi) is 6.11. The highest BCUT2D eigenvalue weighted by Crippen LogP contribution is 2.32. The molecule has 1 fully saturated rings. The van der Waals surface area contributed by atoms with E-state index in [2.05, 4.69) is 17.2 Å². The predicted octanol–water partition coefficient (Wildman–Crippen LogP) is 4.84. The van der Waals surface area contributed by atoms with Crippen LogP contribution in [0.5, 0.6) is 0 Å². The molecule has 6 nitrogen and oxygen atoms in total. The summed E-state index contributed by atoms with van der Waals surface area (Å²) in [4.78, 5) is 34.0. The number of hydrogen-bond acceptors (Lipinski definition) is 3. The molecule has 0 saturated heterocycles. The number of rotatable bonds is 5. The van der Waals surface area contributed by atoms with Crippen LogP contribution in [-0.2, 0) is 17.8 Å². The number of amides is 2. The first-order valence-corrected chi connectivity index (χ1v) is 12.6. The Bertz CT molecular complexity index is 1220. The predicted molar refractivity (Wildman–Crippen MR) is 134 cm³/mol. The lowest BCUT2D eigenvalue weighted by Gasteiger charge is -2.44. The molecule has 2 aliphatic rings. The number of fused-ring (bicyclic) bond motifs is 3. The first-order chi connectivity index (χ1) is 16.4. The second kappa shape index (κ2) is 9.06. The van der Waals surface area contributed by atoms with Crippen LogP contribution in [0.3, 0.4) is 0 Å². The molecule has 7 heteroatoms. The Morgan fingerprint density at radius 3 is 2.65 bits per heavy atom. The average Bonchev–Trinajstić information content (AvgIpc) is 3.20. The summed E-state index contributed by atoms with van der Waals surface area (Å²) >= 11 is 6.04. The number of nitrogens with one attached hydrogen (secondary N) is 1. The molecule has 0 unspecified atom stereocenters. The normalized spacial score (nSPS) is 24.8. The van der Waals surface area contributed by atoms with Gasteiger partial charge in [-0.25, -0.2) is 4.98 Å². The Morgan fingerprint density at radius 1 is 1.15 bits per heavy atom. The number of para-hydroxylation sites is 2. The minimum absolute atomic E-state index is 0.0841. The molecule has 2 aromatic carbocycles. The van der Waals surface area contributed by atoms with Gasteiger partial charge in [-0.15, -0.1) is 0 Å². The van der Waals surface area contributed by atoms with Crippen molar-refractivity contribution in [3.05, 3.63) is 64.9 Å². The zero-order valence-corrected chi connectivity index (χ0v) is 20.5. The van der Waals surface area contributed by atoms with Gasteiger partial charge in [-0.3, -0.25) is 9.59 Å².